The molecular formula is C28H36N6O2S. The second kappa shape index (κ2) is 10.0. The van der Waals surface area contributed by atoms with Crippen molar-refractivity contribution in [2.24, 2.45) is 5.41 Å². The number of carbonyl (C=O) groups is 1. The van der Waals surface area contributed by atoms with Gasteiger partial charge in [-0.05, 0) is 88.9 Å². The molecule has 0 saturated carbocycles. The molecule has 0 aliphatic carbocycles. The number of hydrogen-bond acceptors (Lipinski definition) is 6. The summed E-state index contributed by atoms with van der Waals surface area (Å²) < 4.78 is 3.96. The molecule has 0 bridgehead atoms. The number of benzene rings is 1. The summed E-state index contributed by atoms with van der Waals surface area (Å²) in [6, 6.07) is 8.75. The number of nitrogens with zero attached hydrogens (tertiary/aromatic N) is 6. The Morgan fingerprint density at radius 3 is 2.81 bits per heavy atom. The van der Waals surface area contributed by atoms with Crippen molar-refractivity contribution in [3.63, 3.8) is 0 Å². The Morgan fingerprint density at radius 2 is 2.11 bits per heavy atom. The van der Waals surface area contributed by atoms with Gasteiger partial charge in [0.1, 0.15) is 5.52 Å². The Labute approximate surface area is 221 Å². The number of hydrogen-bond donors (Lipinski definition) is 1. The van der Waals surface area contributed by atoms with Crippen molar-refractivity contribution < 1.29 is 9.90 Å². The van der Waals surface area contributed by atoms with Gasteiger partial charge in [-0.1, -0.05) is 11.3 Å². The fraction of sp³-hybridized carbons (Fsp3) is 0.500. The van der Waals surface area contributed by atoms with Gasteiger partial charge in [0.05, 0.1) is 17.0 Å². The zero-order valence-electron chi connectivity index (χ0n) is 22.3. The van der Waals surface area contributed by atoms with E-state index in [0.29, 0.717) is 6.04 Å². The molecular weight excluding hydrogens is 484 g/mol. The molecule has 0 spiro atoms. The van der Waals surface area contributed by atoms with E-state index in [1.807, 2.05) is 50.7 Å². The predicted octanol–water partition coefficient (Wildman–Crippen LogP) is 5.41. The molecule has 4 aromatic rings. The van der Waals surface area contributed by atoms with Gasteiger partial charge in [-0.15, -0.1) is 16.4 Å². The molecule has 1 N–H and O–H groups in total. The highest BCUT2D eigenvalue weighted by atomic mass is 32.1. The Bertz CT molecular complexity index is 1400. The van der Waals surface area contributed by atoms with Gasteiger partial charge in [0, 0.05) is 47.7 Å². The molecule has 2 atom stereocenters. The molecule has 3 aromatic heterocycles. The quantitative estimate of drug-likeness (QED) is 0.334. The van der Waals surface area contributed by atoms with Crippen LogP contribution in [0.5, 0.6) is 0 Å². The van der Waals surface area contributed by atoms with Crippen LogP contribution >= 0.6 is 11.3 Å². The molecule has 1 fully saturated rings. The second-order valence-electron chi connectivity index (χ2n) is 10.8. The fourth-order valence-corrected chi connectivity index (χ4v) is 7.07. The highest BCUT2D eigenvalue weighted by molar-refractivity contribution is 7.12. The van der Waals surface area contributed by atoms with Crippen LogP contribution < -0.4 is 0 Å². The van der Waals surface area contributed by atoms with E-state index in [2.05, 4.69) is 50.2 Å². The number of aromatic nitrogens is 5. The van der Waals surface area contributed by atoms with E-state index in [0.717, 1.165) is 66.1 Å². The lowest BCUT2D eigenvalue weighted by Crippen LogP contribution is -2.36. The van der Waals surface area contributed by atoms with Crippen molar-refractivity contribution in [3.05, 3.63) is 63.1 Å². The van der Waals surface area contributed by atoms with E-state index < -0.39 is 11.4 Å². The van der Waals surface area contributed by atoms with Gasteiger partial charge in [-0.3, -0.25) is 14.4 Å². The maximum Gasteiger partial charge on any atom is 0.310 e. The largest absolute Gasteiger partial charge is 0.481 e. The number of aryl methyl sites for hydroxylation is 3. The second-order valence-corrected chi connectivity index (χ2v) is 12.0. The van der Waals surface area contributed by atoms with Crippen molar-refractivity contribution in [3.8, 4) is 0 Å². The fourth-order valence-electron chi connectivity index (χ4n) is 5.72. The first kappa shape index (κ1) is 25.6. The predicted molar refractivity (Wildman–Crippen MR) is 146 cm³/mol. The molecule has 0 unspecified atom stereocenters. The zero-order chi connectivity index (χ0) is 26.3. The molecule has 1 aliphatic heterocycles. The van der Waals surface area contributed by atoms with Crippen molar-refractivity contribution in [1.29, 1.82) is 0 Å². The van der Waals surface area contributed by atoms with E-state index in [1.165, 1.54) is 10.4 Å². The maximum absolute atomic E-state index is 12.5. The van der Waals surface area contributed by atoms with Gasteiger partial charge in [-0.25, -0.2) is 4.68 Å². The average Bonchev–Trinajstić information content (AvgIpc) is 3.62. The van der Waals surface area contributed by atoms with Crippen LogP contribution in [0.15, 0.2) is 36.7 Å². The number of carboxylic acids is 1. The molecule has 37 heavy (non-hydrogen) atoms. The van der Waals surface area contributed by atoms with E-state index in [-0.39, 0.29) is 5.92 Å². The maximum atomic E-state index is 12.5. The number of aliphatic carboxylic acids is 1. The first-order valence-corrected chi connectivity index (χ1v) is 13.9. The molecule has 0 amide bonds. The smallest absolute Gasteiger partial charge is 0.310 e. The van der Waals surface area contributed by atoms with Crippen LogP contribution in [0.3, 0.4) is 0 Å². The van der Waals surface area contributed by atoms with Crippen LogP contribution in [-0.2, 0) is 17.9 Å². The molecule has 1 aromatic carbocycles. The van der Waals surface area contributed by atoms with Gasteiger partial charge in [0.15, 0.2) is 0 Å². The number of piperidine rings is 1. The number of carboxylic acid groups (broad SMARTS) is 1. The van der Waals surface area contributed by atoms with E-state index >= 15 is 0 Å². The third-order valence-electron chi connectivity index (χ3n) is 7.96. The summed E-state index contributed by atoms with van der Waals surface area (Å²) in [7, 11) is 0. The third-order valence-corrected chi connectivity index (χ3v) is 9.12. The molecule has 5 rings (SSSR count). The minimum atomic E-state index is -0.996. The Kier molecular flexibility index (Phi) is 6.93. The molecule has 196 valence electrons. The van der Waals surface area contributed by atoms with E-state index in [1.54, 1.807) is 11.3 Å². The Morgan fingerprint density at radius 1 is 1.30 bits per heavy atom. The van der Waals surface area contributed by atoms with Gasteiger partial charge in [0.2, 0.25) is 0 Å². The topological polar surface area (TPSA) is 89.1 Å². The minimum absolute atomic E-state index is 0.295. The first-order chi connectivity index (χ1) is 17.7. The average molecular weight is 521 g/mol. The number of thiophene rings is 1. The van der Waals surface area contributed by atoms with Gasteiger partial charge in [0.25, 0.3) is 0 Å². The zero-order valence-corrected chi connectivity index (χ0v) is 23.1. The van der Waals surface area contributed by atoms with E-state index in [4.69, 9.17) is 0 Å². The number of likely N-dealkylation sites (tertiary alicyclic amines) is 1. The molecule has 0 radical (unpaired) electrons. The summed E-state index contributed by atoms with van der Waals surface area (Å²) in [6.07, 6.45) is 6.19. The van der Waals surface area contributed by atoms with Crippen LogP contribution in [0.4, 0.5) is 0 Å². The van der Waals surface area contributed by atoms with Crippen LogP contribution in [-0.4, -0.2) is 53.8 Å². The van der Waals surface area contributed by atoms with Crippen LogP contribution in [0, 0.1) is 19.3 Å². The Balaban J connectivity index is 1.49. The number of rotatable bonds is 8. The van der Waals surface area contributed by atoms with Crippen LogP contribution in [0.25, 0.3) is 11.0 Å². The summed E-state index contributed by atoms with van der Waals surface area (Å²) in [5.74, 6) is -1.10. The summed E-state index contributed by atoms with van der Waals surface area (Å²) in [5, 5.41) is 23.5. The highest BCUT2D eigenvalue weighted by Crippen LogP contribution is 2.46. The monoisotopic (exact) mass is 520 g/mol. The van der Waals surface area contributed by atoms with Gasteiger partial charge in [-0.2, -0.15) is 5.10 Å². The molecule has 4 heterocycles. The van der Waals surface area contributed by atoms with Crippen LogP contribution in [0.1, 0.15) is 72.0 Å². The summed E-state index contributed by atoms with van der Waals surface area (Å²) in [4.78, 5) is 17.4. The van der Waals surface area contributed by atoms with Crippen molar-refractivity contribution in [2.75, 3.05) is 13.1 Å². The van der Waals surface area contributed by atoms with Crippen molar-refractivity contribution in [2.45, 2.75) is 72.5 Å². The van der Waals surface area contributed by atoms with Crippen LogP contribution in [0.2, 0.25) is 0 Å². The minimum Gasteiger partial charge on any atom is -0.481 e. The summed E-state index contributed by atoms with van der Waals surface area (Å²) in [5.41, 5.74) is 4.12. The van der Waals surface area contributed by atoms with Gasteiger partial charge < -0.3 is 5.11 Å². The third kappa shape index (κ3) is 4.70. The van der Waals surface area contributed by atoms with Gasteiger partial charge >= 0.3 is 5.97 Å². The number of fused-ring (bicyclic) bond motifs is 1. The van der Waals surface area contributed by atoms with Crippen molar-refractivity contribution in [1.82, 2.24) is 29.7 Å². The molecule has 1 saturated heterocycles. The molecule has 8 nitrogen and oxygen atoms in total. The lowest BCUT2D eigenvalue weighted by atomic mass is 9.72. The Hall–Kier alpha value is -3.04. The normalized spacial score (nSPS) is 17.9. The van der Waals surface area contributed by atoms with Crippen molar-refractivity contribution >= 4 is 28.3 Å². The first-order valence-electron chi connectivity index (χ1n) is 13.1. The molecule has 9 heteroatoms. The highest BCUT2D eigenvalue weighted by Gasteiger charge is 2.41. The SMILES string of the molecule is CCn1nnc2c(C)c([C@H](c3cc(CN4CCC[C@H](n5cccn5)C4)c(C)s3)C(C)(C)C(=O)O)ccc21. The lowest BCUT2D eigenvalue weighted by molar-refractivity contribution is -0.147. The summed E-state index contributed by atoms with van der Waals surface area (Å²) in [6.45, 7) is 13.6. The van der Waals surface area contributed by atoms with E-state index in [9.17, 15) is 9.90 Å². The lowest BCUT2D eigenvalue weighted by Gasteiger charge is -2.33. The summed E-state index contributed by atoms with van der Waals surface area (Å²) >= 11 is 1.72. The molecule has 1 aliphatic rings. The standard InChI is InChI=1S/C28H36N6O2S/c1-6-33-23-11-10-22(18(2)26(23)30-31-33)25(28(4,5)27(35)36)24-15-20(19(3)37-24)16-32-13-7-9-21(17-32)34-14-8-12-29-34/h8,10-12,14-15,21,25H,6-7,9,13,16-17H2,1-5H3,(H,35,36)/t21-,25+/m0/s1.